The van der Waals surface area contributed by atoms with Crippen molar-refractivity contribution in [3.8, 4) is 0 Å². The van der Waals surface area contributed by atoms with Crippen LogP contribution >= 0.6 is 0 Å². The number of aromatic nitrogens is 1. The molecule has 0 atom stereocenters. The third-order valence-electron chi connectivity index (χ3n) is 8.21. The summed E-state index contributed by atoms with van der Waals surface area (Å²) in [7, 11) is 1.67. The summed E-state index contributed by atoms with van der Waals surface area (Å²) in [6, 6.07) is 14.7. The van der Waals surface area contributed by atoms with Gasteiger partial charge in [-0.05, 0) is 42.9 Å². The van der Waals surface area contributed by atoms with Crippen molar-refractivity contribution in [2.45, 2.75) is 51.0 Å². The number of benzene rings is 2. The summed E-state index contributed by atoms with van der Waals surface area (Å²) >= 11 is 0. The van der Waals surface area contributed by atoms with Gasteiger partial charge in [0, 0.05) is 90.7 Å². The number of hydrogen-bond donors (Lipinski definition) is 0. The number of Topliss-reactive ketones (excluding diaryl/α,β-unsaturated/α-hetero) is 2. The Balaban J connectivity index is 1.54. The summed E-state index contributed by atoms with van der Waals surface area (Å²) in [5.74, 6) is -0.182. The first kappa shape index (κ1) is 25.2. The lowest BCUT2D eigenvalue weighted by molar-refractivity contribution is -0.384. The van der Waals surface area contributed by atoms with Crippen molar-refractivity contribution in [3.05, 3.63) is 98.5 Å². The molecule has 1 aliphatic heterocycles. The third kappa shape index (κ3) is 4.38. The molecule has 0 amide bonds. The Kier molecular flexibility index (Phi) is 6.64. The number of fused-ring (bicyclic) bond motifs is 1. The van der Waals surface area contributed by atoms with Gasteiger partial charge in [0.2, 0.25) is 0 Å². The number of ether oxygens (including phenoxy) is 1. The molecule has 3 aromatic rings. The molecule has 39 heavy (non-hydrogen) atoms. The van der Waals surface area contributed by atoms with E-state index in [0.29, 0.717) is 32.5 Å². The van der Waals surface area contributed by atoms with E-state index in [0.717, 1.165) is 70.3 Å². The van der Waals surface area contributed by atoms with Crippen LogP contribution in [0.15, 0.2) is 77.3 Å². The molecule has 3 aliphatic rings. The lowest BCUT2D eigenvalue weighted by Gasteiger charge is -2.43. The van der Waals surface area contributed by atoms with Crippen LogP contribution in [0.4, 0.5) is 5.69 Å². The molecule has 6 rings (SSSR count). The zero-order valence-electron chi connectivity index (χ0n) is 22.0. The van der Waals surface area contributed by atoms with Crippen LogP contribution in [0.3, 0.4) is 0 Å². The molecule has 8 nitrogen and oxygen atoms in total. The Morgan fingerprint density at radius 1 is 0.949 bits per heavy atom. The smallest absolute Gasteiger partial charge is 0.269 e. The van der Waals surface area contributed by atoms with E-state index in [1.807, 2.05) is 30.3 Å². The molecule has 0 fully saturated rings. The average Bonchev–Trinajstić information content (AvgIpc) is 3.29. The summed E-state index contributed by atoms with van der Waals surface area (Å²) in [5, 5.41) is 12.4. The van der Waals surface area contributed by atoms with Crippen LogP contribution in [0.25, 0.3) is 10.9 Å². The van der Waals surface area contributed by atoms with Crippen LogP contribution in [0.2, 0.25) is 0 Å². The van der Waals surface area contributed by atoms with Gasteiger partial charge in [0.1, 0.15) is 0 Å². The number of para-hydroxylation sites is 1. The zero-order valence-corrected chi connectivity index (χ0v) is 22.0. The van der Waals surface area contributed by atoms with Crippen LogP contribution < -0.4 is 0 Å². The summed E-state index contributed by atoms with van der Waals surface area (Å²) in [6.45, 7) is 1.58. The fourth-order valence-corrected chi connectivity index (χ4v) is 6.58. The Bertz CT molecular complexity index is 1520. The Labute approximate surface area is 226 Å². The van der Waals surface area contributed by atoms with Gasteiger partial charge in [-0.15, -0.1) is 0 Å². The number of carbonyl (C=O) groups excluding carboxylic acids is 2. The first-order valence-corrected chi connectivity index (χ1v) is 13.6. The number of ketones is 2. The first-order valence-electron chi connectivity index (χ1n) is 13.6. The van der Waals surface area contributed by atoms with Gasteiger partial charge in [-0.3, -0.25) is 19.7 Å². The minimum absolute atomic E-state index is 0.0535. The number of methoxy groups -OCH3 is 1. The first-order chi connectivity index (χ1) is 19.0. The molecule has 0 N–H and O–H groups in total. The second kappa shape index (κ2) is 10.3. The average molecular weight is 526 g/mol. The van der Waals surface area contributed by atoms with Gasteiger partial charge in [0.25, 0.3) is 5.69 Å². The number of nitro benzene ring substituents is 1. The minimum atomic E-state index is -0.411. The molecule has 0 saturated heterocycles. The number of carbonyl (C=O) groups is 2. The van der Waals surface area contributed by atoms with E-state index in [9.17, 15) is 19.7 Å². The third-order valence-corrected chi connectivity index (χ3v) is 8.21. The van der Waals surface area contributed by atoms with Crippen molar-refractivity contribution in [1.29, 1.82) is 0 Å². The van der Waals surface area contributed by atoms with Gasteiger partial charge in [0.15, 0.2) is 11.6 Å². The number of allylic oxidation sites excluding steroid dienone is 4. The van der Waals surface area contributed by atoms with Crippen LogP contribution in [-0.4, -0.2) is 46.2 Å². The highest BCUT2D eigenvalue weighted by molar-refractivity contribution is 6.07. The zero-order chi connectivity index (χ0) is 27.1. The molecule has 8 heteroatoms. The van der Waals surface area contributed by atoms with E-state index < -0.39 is 5.92 Å². The predicted octanol–water partition coefficient (Wildman–Crippen LogP) is 5.66. The Morgan fingerprint density at radius 2 is 1.64 bits per heavy atom. The predicted molar refractivity (Wildman–Crippen MR) is 147 cm³/mol. The molecule has 0 bridgehead atoms. The SMILES string of the molecule is COCCN1C2=C(C(=O)CCC2)C(c2cn(Cc3cccc([N+](=O)[O-])c3)c3ccccc23)C2=C1CCCC2=O. The fraction of sp³-hybridized carbons (Fsp3) is 0.355. The standard InChI is InChI=1S/C31H31N3O5/c1-39-16-15-33-25-11-5-13-27(35)30(25)29(31-26(33)12-6-14-28(31)36)23-19-32(24-10-3-2-9-22(23)24)18-20-7-4-8-21(17-20)34(37)38/h2-4,7-10,17,19,29H,5-6,11-16,18H2,1H3. The van der Waals surface area contributed by atoms with Crippen molar-refractivity contribution in [3.63, 3.8) is 0 Å². The lowest BCUT2D eigenvalue weighted by atomic mass is 9.71. The van der Waals surface area contributed by atoms with Gasteiger partial charge < -0.3 is 14.2 Å². The van der Waals surface area contributed by atoms with Gasteiger partial charge in [-0.1, -0.05) is 30.3 Å². The number of hydrogen-bond acceptors (Lipinski definition) is 6. The van der Waals surface area contributed by atoms with Gasteiger partial charge in [0.05, 0.1) is 11.5 Å². The molecule has 200 valence electrons. The molecule has 0 radical (unpaired) electrons. The van der Waals surface area contributed by atoms with Crippen molar-refractivity contribution < 1.29 is 19.2 Å². The maximum absolute atomic E-state index is 13.6. The summed E-state index contributed by atoms with van der Waals surface area (Å²) < 4.78 is 7.49. The van der Waals surface area contributed by atoms with Crippen molar-refractivity contribution in [1.82, 2.24) is 9.47 Å². The van der Waals surface area contributed by atoms with E-state index in [4.69, 9.17) is 4.74 Å². The van der Waals surface area contributed by atoms with E-state index in [1.54, 1.807) is 19.2 Å². The molecular weight excluding hydrogens is 494 g/mol. The van der Waals surface area contributed by atoms with E-state index in [-0.39, 0.29) is 22.2 Å². The largest absolute Gasteiger partial charge is 0.383 e. The maximum Gasteiger partial charge on any atom is 0.269 e. The quantitative estimate of drug-likeness (QED) is 0.292. The van der Waals surface area contributed by atoms with Crippen LogP contribution in [0.1, 0.15) is 55.6 Å². The van der Waals surface area contributed by atoms with E-state index >= 15 is 0 Å². The molecule has 0 spiro atoms. The fourth-order valence-electron chi connectivity index (χ4n) is 6.58. The second-order valence-electron chi connectivity index (χ2n) is 10.5. The lowest BCUT2D eigenvalue weighted by Crippen LogP contribution is -2.40. The van der Waals surface area contributed by atoms with Crippen LogP contribution in [0.5, 0.6) is 0 Å². The van der Waals surface area contributed by atoms with Crippen molar-refractivity contribution >= 4 is 28.2 Å². The Morgan fingerprint density at radius 3 is 2.31 bits per heavy atom. The van der Waals surface area contributed by atoms with Crippen molar-refractivity contribution in [2.75, 3.05) is 20.3 Å². The highest BCUT2D eigenvalue weighted by Gasteiger charge is 2.44. The molecule has 0 unspecified atom stereocenters. The number of rotatable bonds is 7. The second-order valence-corrected chi connectivity index (χ2v) is 10.5. The van der Waals surface area contributed by atoms with Gasteiger partial charge in [-0.2, -0.15) is 0 Å². The normalized spacial score (nSPS) is 18.1. The molecule has 2 heterocycles. The monoisotopic (exact) mass is 525 g/mol. The van der Waals surface area contributed by atoms with E-state index in [1.165, 1.54) is 6.07 Å². The van der Waals surface area contributed by atoms with Gasteiger partial charge in [-0.25, -0.2) is 0 Å². The molecule has 0 saturated carbocycles. The highest BCUT2D eigenvalue weighted by atomic mass is 16.6. The molecule has 2 aliphatic carbocycles. The molecule has 2 aromatic carbocycles. The van der Waals surface area contributed by atoms with Crippen molar-refractivity contribution in [2.24, 2.45) is 0 Å². The molecule has 1 aromatic heterocycles. The topological polar surface area (TPSA) is 94.7 Å². The molecular formula is C31H31N3O5. The highest BCUT2D eigenvalue weighted by Crippen LogP contribution is 2.50. The van der Waals surface area contributed by atoms with E-state index in [2.05, 4.69) is 15.7 Å². The summed E-state index contributed by atoms with van der Waals surface area (Å²) in [4.78, 5) is 40.4. The number of non-ortho nitro benzene ring substituents is 1. The minimum Gasteiger partial charge on any atom is -0.383 e. The van der Waals surface area contributed by atoms with Crippen LogP contribution in [-0.2, 0) is 20.9 Å². The maximum atomic E-state index is 13.6. The number of nitro groups is 1. The Hall–Kier alpha value is -4.04. The number of nitrogens with zero attached hydrogens (tertiary/aromatic N) is 3. The van der Waals surface area contributed by atoms with Crippen LogP contribution in [0, 0.1) is 10.1 Å². The van der Waals surface area contributed by atoms with Gasteiger partial charge >= 0.3 is 0 Å². The summed E-state index contributed by atoms with van der Waals surface area (Å²) in [5.41, 5.74) is 6.37. The summed E-state index contributed by atoms with van der Waals surface area (Å²) in [6.07, 6.45) is 6.24.